The summed E-state index contributed by atoms with van der Waals surface area (Å²) >= 11 is 0. The maximum absolute atomic E-state index is 13.2. The van der Waals surface area contributed by atoms with Gasteiger partial charge in [0, 0.05) is 60.2 Å². The van der Waals surface area contributed by atoms with Gasteiger partial charge in [0.1, 0.15) is 12.2 Å². The van der Waals surface area contributed by atoms with Crippen molar-refractivity contribution in [2.75, 3.05) is 0 Å². The van der Waals surface area contributed by atoms with Crippen molar-refractivity contribution in [3.63, 3.8) is 0 Å². The zero-order valence-electron chi connectivity index (χ0n) is 27.2. The highest BCUT2D eigenvalue weighted by Gasteiger charge is 2.43. The van der Waals surface area contributed by atoms with Crippen molar-refractivity contribution in [2.24, 2.45) is 17.8 Å². The molecule has 234 valence electrons. The number of ether oxygens (including phenoxy) is 2. The second kappa shape index (κ2) is 11.5. The van der Waals surface area contributed by atoms with Crippen LogP contribution in [0.2, 0.25) is 0 Å². The number of fused-ring (bicyclic) bond motifs is 1. The zero-order valence-corrected chi connectivity index (χ0v) is 27.2. The Hall–Kier alpha value is -2.06. The molecule has 4 aliphatic rings. The van der Waals surface area contributed by atoms with E-state index in [4.69, 9.17) is 9.47 Å². The number of hydrogen-bond donors (Lipinski definition) is 2. The molecule has 4 fully saturated rings. The molecule has 2 aliphatic carbocycles. The Labute approximate surface area is 252 Å². The van der Waals surface area contributed by atoms with E-state index >= 15 is 0 Å². The van der Waals surface area contributed by atoms with E-state index in [0.717, 1.165) is 69.8 Å². The van der Waals surface area contributed by atoms with Crippen LogP contribution in [0.5, 0.6) is 0 Å². The molecule has 1 aromatic heterocycles. The molecule has 4 unspecified atom stereocenters. The minimum Gasteiger partial charge on any atom is -0.462 e. The van der Waals surface area contributed by atoms with Crippen LogP contribution in [0, 0.1) is 17.8 Å². The molecule has 0 amide bonds. The van der Waals surface area contributed by atoms with Gasteiger partial charge in [-0.25, -0.2) is 14.8 Å². The van der Waals surface area contributed by atoms with E-state index in [1.54, 1.807) is 0 Å². The van der Waals surface area contributed by atoms with Crippen LogP contribution < -0.4 is 10.6 Å². The predicted molar refractivity (Wildman–Crippen MR) is 163 cm³/mol. The largest absolute Gasteiger partial charge is 0.462 e. The highest BCUT2D eigenvalue weighted by Crippen LogP contribution is 2.48. The molecule has 42 heavy (non-hydrogen) atoms. The van der Waals surface area contributed by atoms with Crippen LogP contribution >= 0.6 is 0 Å². The smallest absolute Gasteiger partial charge is 0.376 e. The fraction of sp³-hybridized carbons (Fsp3) is 0.824. The molecule has 2 saturated carbocycles. The third-order valence-corrected chi connectivity index (χ3v) is 10.1. The third-order valence-electron chi connectivity index (χ3n) is 10.1. The summed E-state index contributed by atoms with van der Waals surface area (Å²) in [5.41, 5.74) is 0.833. The number of rotatable bonds is 5. The lowest BCUT2D eigenvalue weighted by atomic mass is 9.64. The summed E-state index contributed by atoms with van der Waals surface area (Å²) in [7, 11) is 0. The molecule has 0 radical (unpaired) electrons. The summed E-state index contributed by atoms with van der Waals surface area (Å²) in [6.45, 7) is 17.3. The second-order valence-electron chi connectivity index (χ2n) is 16.6. The number of carbonyl (C=O) groups is 2. The van der Waals surface area contributed by atoms with Gasteiger partial charge in [0.25, 0.3) is 0 Å². The topological polar surface area (TPSA) is 102 Å². The maximum atomic E-state index is 13.2. The van der Waals surface area contributed by atoms with E-state index in [-0.39, 0.29) is 52.1 Å². The molecule has 2 aliphatic heterocycles. The lowest BCUT2D eigenvalue weighted by molar-refractivity contribution is -0.160. The fourth-order valence-electron chi connectivity index (χ4n) is 9.15. The Morgan fingerprint density at radius 2 is 1.17 bits per heavy atom. The van der Waals surface area contributed by atoms with Crippen molar-refractivity contribution >= 4 is 11.9 Å². The Balaban J connectivity index is 1.11. The van der Waals surface area contributed by atoms with Gasteiger partial charge in [0.15, 0.2) is 0 Å². The predicted octanol–water partition coefficient (Wildman–Crippen LogP) is 6.10. The third kappa shape index (κ3) is 7.71. The van der Waals surface area contributed by atoms with Gasteiger partial charge in [-0.1, -0.05) is 0 Å². The molecule has 8 heteroatoms. The molecule has 2 saturated heterocycles. The van der Waals surface area contributed by atoms with Crippen LogP contribution in [0.25, 0.3) is 0 Å². The molecule has 0 bridgehead atoms. The van der Waals surface area contributed by atoms with Gasteiger partial charge in [-0.2, -0.15) is 0 Å². The first kappa shape index (κ1) is 31.4. The number of aromatic nitrogens is 2. The van der Waals surface area contributed by atoms with Gasteiger partial charge in [-0.15, -0.1) is 0 Å². The van der Waals surface area contributed by atoms with Crippen LogP contribution in [0.3, 0.4) is 0 Å². The van der Waals surface area contributed by atoms with Gasteiger partial charge in [-0.05, 0) is 117 Å². The highest BCUT2D eigenvalue weighted by molar-refractivity contribution is 5.85. The van der Waals surface area contributed by atoms with Crippen molar-refractivity contribution in [2.45, 2.75) is 160 Å². The standard InChI is InChI=1S/C34H54N4O4/c1-31(2)15-26(16-32(3,4)37-31)41-29(39)24-12-11-21-13-23(10-9-22(21)14-24)25-19-35-28(36-20-25)30(40)42-27-17-33(5,6)38-34(7,8)18-27/h19-24,26-27,37-38H,9-18H2,1-8H3. The monoisotopic (exact) mass is 582 g/mol. The summed E-state index contributed by atoms with van der Waals surface area (Å²) in [4.78, 5) is 35.0. The van der Waals surface area contributed by atoms with Gasteiger partial charge in [0.05, 0.1) is 5.92 Å². The van der Waals surface area contributed by atoms with E-state index in [1.807, 2.05) is 12.4 Å². The summed E-state index contributed by atoms with van der Waals surface area (Å²) in [6.07, 6.45) is 12.9. The van der Waals surface area contributed by atoms with E-state index in [1.165, 1.54) is 0 Å². The van der Waals surface area contributed by atoms with Gasteiger partial charge in [-0.3, -0.25) is 4.79 Å². The van der Waals surface area contributed by atoms with E-state index in [0.29, 0.717) is 17.8 Å². The first-order valence-electron chi connectivity index (χ1n) is 16.3. The zero-order chi connectivity index (χ0) is 30.5. The maximum Gasteiger partial charge on any atom is 0.376 e. The van der Waals surface area contributed by atoms with Crippen molar-refractivity contribution in [1.29, 1.82) is 0 Å². The summed E-state index contributed by atoms with van der Waals surface area (Å²) in [5.74, 6) is 1.31. The Morgan fingerprint density at radius 1 is 0.690 bits per heavy atom. The van der Waals surface area contributed by atoms with Crippen LogP contribution in [0.4, 0.5) is 0 Å². The van der Waals surface area contributed by atoms with E-state index in [9.17, 15) is 9.59 Å². The van der Waals surface area contributed by atoms with Crippen molar-refractivity contribution < 1.29 is 19.1 Å². The quantitative estimate of drug-likeness (QED) is 0.402. The number of piperidine rings is 2. The Morgan fingerprint density at radius 3 is 1.71 bits per heavy atom. The molecule has 5 rings (SSSR count). The molecule has 3 heterocycles. The van der Waals surface area contributed by atoms with Crippen LogP contribution in [0.15, 0.2) is 12.4 Å². The molecule has 0 spiro atoms. The first-order valence-corrected chi connectivity index (χ1v) is 16.3. The normalized spacial score (nSPS) is 32.4. The number of nitrogens with zero attached hydrogens (tertiary/aromatic N) is 2. The summed E-state index contributed by atoms with van der Waals surface area (Å²) < 4.78 is 12.0. The number of nitrogens with one attached hydrogen (secondary N) is 2. The molecule has 0 aromatic carbocycles. The fourth-order valence-corrected chi connectivity index (χ4v) is 9.15. The molecular formula is C34H54N4O4. The van der Waals surface area contributed by atoms with Crippen molar-refractivity contribution in [3.05, 3.63) is 23.8 Å². The van der Waals surface area contributed by atoms with Crippen molar-refractivity contribution in [3.8, 4) is 0 Å². The van der Waals surface area contributed by atoms with Gasteiger partial charge >= 0.3 is 11.9 Å². The van der Waals surface area contributed by atoms with Gasteiger partial charge in [0.2, 0.25) is 5.82 Å². The molecule has 4 atom stereocenters. The Kier molecular flexibility index (Phi) is 8.56. The second-order valence-corrected chi connectivity index (χ2v) is 16.6. The lowest BCUT2D eigenvalue weighted by Crippen LogP contribution is -2.59. The Bertz CT molecular complexity index is 1110. The van der Waals surface area contributed by atoms with Gasteiger partial charge < -0.3 is 20.1 Å². The SMILES string of the molecule is CC1(C)CC(OC(=O)c2ncc(C3CCC4CC(C(=O)OC5CC(C)(C)NC(C)(C)C5)CCC4C3)cn2)CC(C)(C)N1. The molecule has 8 nitrogen and oxygen atoms in total. The minimum absolute atomic E-state index is 0.0153. The van der Waals surface area contributed by atoms with E-state index in [2.05, 4.69) is 76.0 Å². The van der Waals surface area contributed by atoms with Crippen LogP contribution in [-0.4, -0.2) is 56.3 Å². The number of carbonyl (C=O) groups excluding carboxylic acids is 2. The van der Waals surface area contributed by atoms with Crippen molar-refractivity contribution in [1.82, 2.24) is 20.6 Å². The average molecular weight is 583 g/mol. The van der Waals surface area contributed by atoms with Crippen LogP contribution in [-0.2, 0) is 14.3 Å². The number of esters is 2. The molecular weight excluding hydrogens is 528 g/mol. The lowest BCUT2D eigenvalue weighted by Gasteiger charge is -2.46. The van der Waals surface area contributed by atoms with Crippen LogP contribution in [0.1, 0.15) is 142 Å². The van der Waals surface area contributed by atoms with E-state index < -0.39 is 5.97 Å². The number of hydrogen-bond acceptors (Lipinski definition) is 8. The molecule has 2 N–H and O–H groups in total. The molecule has 1 aromatic rings. The highest BCUT2D eigenvalue weighted by atomic mass is 16.5. The first-order chi connectivity index (χ1) is 19.5. The summed E-state index contributed by atoms with van der Waals surface area (Å²) in [5, 5.41) is 7.30. The summed E-state index contributed by atoms with van der Waals surface area (Å²) in [6, 6.07) is 0. The average Bonchev–Trinajstić information content (AvgIpc) is 2.84. The minimum atomic E-state index is -0.439.